The van der Waals surface area contributed by atoms with Gasteiger partial charge in [0.25, 0.3) is 0 Å². The van der Waals surface area contributed by atoms with E-state index in [4.69, 9.17) is 5.11 Å². The molecular formula is C13H14N2O2S. The normalized spacial score (nSPS) is 12.3. The van der Waals surface area contributed by atoms with E-state index in [-0.39, 0.29) is 0 Å². The maximum Gasteiger partial charge on any atom is 0.321 e. The number of hydrogen-bond acceptors (Lipinski definition) is 4. The zero-order valence-corrected chi connectivity index (χ0v) is 10.8. The first-order chi connectivity index (χ1) is 8.70. The van der Waals surface area contributed by atoms with Gasteiger partial charge in [0, 0.05) is 17.4 Å². The monoisotopic (exact) mass is 262 g/mol. The van der Waals surface area contributed by atoms with Gasteiger partial charge in [0.05, 0.1) is 5.69 Å². The van der Waals surface area contributed by atoms with Crippen LogP contribution in [0.5, 0.6) is 0 Å². The summed E-state index contributed by atoms with van der Waals surface area (Å²) >= 11 is 1.54. The van der Waals surface area contributed by atoms with Gasteiger partial charge in [0.2, 0.25) is 0 Å². The van der Waals surface area contributed by atoms with E-state index in [0.29, 0.717) is 6.42 Å². The molecule has 1 aromatic carbocycles. The summed E-state index contributed by atoms with van der Waals surface area (Å²) in [7, 11) is 1.64. The third kappa shape index (κ3) is 2.94. The van der Waals surface area contributed by atoms with Crippen LogP contribution in [0.25, 0.3) is 10.6 Å². The molecule has 1 heterocycles. The number of nitrogens with one attached hydrogen (secondary N) is 1. The Hall–Kier alpha value is -1.72. The quantitative estimate of drug-likeness (QED) is 0.865. The number of nitrogens with zero attached hydrogens (tertiary/aromatic N) is 1. The molecule has 0 aliphatic carbocycles. The molecule has 2 rings (SSSR count). The molecule has 18 heavy (non-hydrogen) atoms. The van der Waals surface area contributed by atoms with Crippen molar-refractivity contribution in [2.24, 2.45) is 0 Å². The second-order valence-electron chi connectivity index (χ2n) is 3.89. The van der Waals surface area contributed by atoms with Gasteiger partial charge in [-0.05, 0) is 7.05 Å². The molecule has 0 fully saturated rings. The minimum Gasteiger partial charge on any atom is -0.480 e. The summed E-state index contributed by atoms with van der Waals surface area (Å²) in [5.41, 5.74) is 1.87. The Morgan fingerprint density at radius 2 is 2.17 bits per heavy atom. The van der Waals surface area contributed by atoms with Gasteiger partial charge in [-0.3, -0.25) is 4.79 Å². The second-order valence-corrected chi connectivity index (χ2v) is 4.75. The van der Waals surface area contributed by atoms with Crippen LogP contribution in [0.2, 0.25) is 0 Å². The highest BCUT2D eigenvalue weighted by atomic mass is 32.1. The summed E-state index contributed by atoms with van der Waals surface area (Å²) in [5, 5.41) is 14.6. The van der Waals surface area contributed by atoms with Crippen LogP contribution in [-0.2, 0) is 11.2 Å². The van der Waals surface area contributed by atoms with Crippen LogP contribution in [0.3, 0.4) is 0 Å². The van der Waals surface area contributed by atoms with E-state index < -0.39 is 12.0 Å². The van der Waals surface area contributed by atoms with Crippen LogP contribution in [0.15, 0.2) is 35.7 Å². The van der Waals surface area contributed by atoms with Crippen LogP contribution >= 0.6 is 11.3 Å². The lowest BCUT2D eigenvalue weighted by Crippen LogP contribution is -2.35. The van der Waals surface area contributed by atoms with Gasteiger partial charge >= 0.3 is 5.97 Å². The first-order valence-corrected chi connectivity index (χ1v) is 6.48. The lowest BCUT2D eigenvalue weighted by atomic mass is 10.2. The van der Waals surface area contributed by atoms with Crippen molar-refractivity contribution in [3.63, 3.8) is 0 Å². The molecule has 94 valence electrons. The standard InChI is InChI=1S/C13H14N2O2S/c1-14-11(13(16)17)7-10-8-18-12(15-10)9-5-3-2-4-6-9/h2-6,8,11,14H,7H2,1H3,(H,16,17)/t11-/m0/s1. The van der Waals surface area contributed by atoms with E-state index in [9.17, 15) is 4.79 Å². The van der Waals surface area contributed by atoms with Crippen molar-refractivity contribution in [2.75, 3.05) is 7.05 Å². The van der Waals surface area contributed by atoms with Gasteiger partial charge in [0.15, 0.2) is 0 Å². The van der Waals surface area contributed by atoms with E-state index in [1.807, 2.05) is 35.7 Å². The number of likely N-dealkylation sites (N-methyl/N-ethyl adjacent to an activating group) is 1. The zero-order chi connectivity index (χ0) is 13.0. The highest BCUT2D eigenvalue weighted by Gasteiger charge is 2.17. The molecule has 4 nitrogen and oxygen atoms in total. The fourth-order valence-corrected chi connectivity index (χ4v) is 2.47. The number of aliphatic carboxylic acids is 1. The maximum absolute atomic E-state index is 10.9. The molecule has 0 saturated heterocycles. The number of carboxylic acid groups (broad SMARTS) is 1. The summed E-state index contributed by atoms with van der Waals surface area (Å²) in [6.07, 6.45) is 0.398. The van der Waals surface area contributed by atoms with Gasteiger partial charge in [-0.1, -0.05) is 30.3 Å². The van der Waals surface area contributed by atoms with Gasteiger partial charge < -0.3 is 10.4 Å². The largest absolute Gasteiger partial charge is 0.480 e. The van der Waals surface area contributed by atoms with Crippen LogP contribution < -0.4 is 5.32 Å². The number of benzene rings is 1. The SMILES string of the molecule is CN[C@@H](Cc1csc(-c2ccccc2)n1)C(=O)O. The van der Waals surface area contributed by atoms with Crippen LogP contribution in [0.4, 0.5) is 0 Å². The third-order valence-electron chi connectivity index (χ3n) is 2.63. The summed E-state index contributed by atoms with van der Waals surface area (Å²) < 4.78 is 0. The van der Waals surface area contributed by atoms with E-state index in [1.54, 1.807) is 7.05 Å². The Morgan fingerprint density at radius 3 is 2.78 bits per heavy atom. The topological polar surface area (TPSA) is 62.2 Å². The number of hydrogen-bond donors (Lipinski definition) is 2. The fraction of sp³-hybridized carbons (Fsp3) is 0.231. The minimum absolute atomic E-state index is 0.398. The zero-order valence-electron chi connectivity index (χ0n) is 9.96. The molecule has 0 saturated carbocycles. The molecule has 2 N–H and O–H groups in total. The molecule has 0 unspecified atom stereocenters. The average molecular weight is 262 g/mol. The predicted molar refractivity (Wildman–Crippen MR) is 71.7 cm³/mol. The Kier molecular flexibility index (Phi) is 4.07. The Labute approximate surface area is 109 Å². The molecule has 0 bridgehead atoms. The molecule has 0 amide bonds. The number of rotatable bonds is 5. The van der Waals surface area contributed by atoms with Crippen molar-refractivity contribution in [3.05, 3.63) is 41.4 Å². The first kappa shape index (κ1) is 12.7. The van der Waals surface area contributed by atoms with Gasteiger partial charge in [-0.25, -0.2) is 4.98 Å². The van der Waals surface area contributed by atoms with Crippen molar-refractivity contribution in [3.8, 4) is 10.6 Å². The Morgan fingerprint density at radius 1 is 1.44 bits per heavy atom. The second kappa shape index (κ2) is 5.75. The molecule has 1 aromatic heterocycles. The van der Waals surface area contributed by atoms with Crippen LogP contribution in [0.1, 0.15) is 5.69 Å². The van der Waals surface area contributed by atoms with Crippen LogP contribution in [-0.4, -0.2) is 29.1 Å². The van der Waals surface area contributed by atoms with E-state index >= 15 is 0 Å². The summed E-state index contributed by atoms with van der Waals surface area (Å²) in [6, 6.07) is 9.29. The van der Waals surface area contributed by atoms with Gasteiger partial charge in [-0.2, -0.15) is 0 Å². The smallest absolute Gasteiger partial charge is 0.321 e. The lowest BCUT2D eigenvalue weighted by molar-refractivity contribution is -0.139. The average Bonchev–Trinajstić information content (AvgIpc) is 2.85. The molecule has 0 aliphatic heterocycles. The molecule has 5 heteroatoms. The van der Waals surface area contributed by atoms with Crippen molar-refractivity contribution >= 4 is 17.3 Å². The molecular weight excluding hydrogens is 248 g/mol. The maximum atomic E-state index is 10.9. The number of aromatic nitrogens is 1. The van der Waals surface area contributed by atoms with E-state index in [0.717, 1.165) is 16.3 Å². The predicted octanol–water partition coefficient (Wildman–Crippen LogP) is 2.03. The first-order valence-electron chi connectivity index (χ1n) is 5.60. The Bertz CT molecular complexity index is 525. The number of thiazole rings is 1. The minimum atomic E-state index is -0.855. The van der Waals surface area contributed by atoms with E-state index in [2.05, 4.69) is 10.3 Å². The van der Waals surface area contributed by atoms with Crippen molar-refractivity contribution in [1.29, 1.82) is 0 Å². The highest BCUT2D eigenvalue weighted by Crippen LogP contribution is 2.23. The van der Waals surface area contributed by atoms with Crippen LogP contribution in [0, 0.1) is 0 Å². The van der Waals surface area contributed by atoms with Crippen molar-refractivity contribution < 1.29 is 9.90 Å². The molecule has 0 radical (unpaired) electrons. The lowest BCUT2D eigenvalue weighted by Gasteiger charge is -2.08. The van der Waals surface area contributed by atoms with Crippen molar-refractivity contribution in [2.45, 2.75) is 12.5 Å². The summed E-state index contributed by atoms with van der Waals surface area (Å²) in [5.74, 6) is -0.855. The van der Waals surface area contributed by atoms with Gasteiger partial charge in [-0.15, -0.1) is 11.3 Å². The van der Waals surface area contributed by atoms with Gasteiger partial charge in [0.1, 0.15) is 11.0 Å². The molecule has 1 atom stereocenters. The summed E-state index contributed by atoms with van der Waals surface area (Å²) in [6.45, 7) is 0. The Balaban J connectivity index is 2.14. The summed E-state index contributed by atoms with van der Waals surface area (Å²) in [4.78, 5) is 15.4. The molecule has 0 aliphatic rings. The fourth-order valence-electron chi connectivity index (χ4n) is 1.64. The molecule has 2 aromatic rings. The van der Waals surface area contributed by atoms with Crippen molar-refractivity contribution in [1.82, 2.24) is 10.3 Å². The highest BCUT2D eigenvalue weighted by molar-refractivity contribution is 7.13. The number of carboxylic acids is 1. The molecule has 0 spiro atoms. The third-order valence-corrected chi connectivity index (χ3v) is 3.57. The van der Waals surface area contributed by atoms with E-state index in [1.165, 1.54) is 11.3 Å². The number of carbonyl (C=O) groups is 1.